The Bertz CT molecular complexity index is 1890. The Morgan fingerprint density at radius 2 is 1.86 bits per heavy atom. The van der Waals surface area contributed by atoms with E-state index in [1.54, 1.807) is 51.3 Å². The number of hydrogen-bond acceptors (Lipinski definition) is 13. The van der Waals surface area contributed by atoms with Crippen LogP contribution in [0.15, 0.2) is 37.1 Å². The fraction of sp³-hybridized carbons (Fsp3) is 0.682. The summed E-state index contributed by atoms with van der Waals surface area (Å²) >= 11 is 0. The molecule has 6 heterocycles. The molecule has 15 nitrogen and oxygen atoms in total. The van der Waals surface area contributed by atoms with E-state index in [1.165, 1.54) is 14.0 Å². The van der Waals surface area contributed by atoms with Crippen molar-refractivity contribution in [2.45, 2.75) is 147 Å². The molecule has 4 fully saturated rings. The van der Waals surface area contributed by atoms with Gasteiger partial charge in [0, 0.05) is 74.7 Å². The second-order valence-electron chi connectivity index (χ2n) is 17.5. The average Bonchev–Trinajstić information content (AvgIpc) is 3.77. The first-order valence-electron chi connectivity index (χ1n) is 20.8. The van der Waals surface area contributed by atoms with Gasteiger partial charge in [-0.15, -0.1) is 12.3 Å². The smallest absolute Gasteiger partial charge is 0.411 e. The first kappa shape index (κ1) is 44.4. The monoisotopic (exact) mass is 819 g/mol. The number of methoxy groups -OCH3 is 1. The van der Waals surface area contributed by atoms with E-state index >= 15 is 0 Å². The number of rotatable bonds is 11. The lowest BCUT2D eigenvalue weighted by molar-refractivity contribution is -0.296. The number of imidazole rings is 1. The fourth-order valence-electron chi connectivity index (χ4n) is 9.79. The molecule has 2 aromatic heterocycles. The van der Waals surface area contributed by atoms with E-state index in [9.17, 15) is 24.3 Å². The van der Waals surface area contributed by atoms with E-state index in [2.05, 4.69) is 15.9 Å². The third-order valence-corrected chi connectivity index (χ3v) is 13.5. The van der Waals surface area contributed by atoms with Crippen LogP contribution >= 0.6 is 0 Å². The molecule has 1 amide bonds. The predicted octanol–water partition coefficient (Wildman–Crippen LogP) is 4.29. The van der Waals surface area contributed by atoms with Crippen molar-refractivity contribution in [1.82, 2.24) is 24.3 Å². The number of carbonyl (C=O) groups is 4. The fourth-order valence-corrected chi connectivity index (χ4v) is 9.79. The van der Waals surface area contributed by atoms with Crippen LogP contribution in [0.5, 0.6) is 0 Å². The van der Waals surface area contributed by atoms with E-state index in [4.69, 9.17) is 30.1 Å². The van der Waals surface area contributed by atoms with Crippen molar-refractivity contribution in [3.8, 4) is 23.6 Å². The van der Waals surface area contributed by atoms with Gasteiger partial charge < -0.3 is 33.4 Å². The molecule has 0 saturated carbocycles. The first-order chi connectivity index (χ1) is 27.9. The number of nitrogens with zero attached hydrogens (tertiary/aromatic N) is 5. The molecule has 0 radical (unpaired) electrons. The summed E-state index contributed by atoms with van der Waals surface area (Å²) in [6, 6.07) is 2.25. The van der Waals surface area contributed by atoms with E-state index in [0.29, 0.717) is 38.8 Å². The molecule has 0 spiro atoms. The molecule has 15 heteroatoms. The van der Waals surface area contributed by atoms with Gasteiger partial charge in [0.2, 0.25) is 0 Å². The summed E-state index contributed by atoms with van der Waals surface area (Å²) in [5.41, 5.74) is -0.970. The number of amides is 1. The molecule has 6 rings (SSSR count). The quantitative estimate of drug-likeness (QED) is 0.194. The number of aliphatic hydroxyl groups is 1. The SMILES string of the molecule is C#CCCN(C)[C@H]1C[C@@H](C)O[C@@H](O[C@@H]2[C@@H](C)C(=O)[C@@H](C)C(=O)O[C@H](C)[C@@]3(C)OC(=O)N4C(CCCn5cnc(-c6cccnc6)c5)[C@@H](C(=O)[C@H](C)C[C@@]2(C)OC)[C@H]43)[C@@H]1O. The van der Waals surface area contributed by atoms with Gasteiger partial charge in [-0.25, -0.2) is 9.78 Å². The molecule has 0 bridgehead atoms. The molecule has 1 N–H and O–H groups in total. The minimum absolute atomic E-state index is 0.106. The number of ketones is 2. The van der Waals surface area contributed by atoms with Gasteiger partial charge in [0.25, 0.3) is 0 Å². The van der Waals surface area contributed by atoms with Crippen LogP contribution in [0.2, 0.25) is 0 Å². The van der Waals surface area contributed by atoms with Crippen molar-refractivity contribution in [1.29, 1.82) is 0 Å². The lowest BCUT2D eigenvalue weighted by atomic mass is 9.65. The molecule has 59 heavy (non-hydrogen) atoms. The third-order valence-electron chi connectivity index (χ3n) is 13.5. The summed E-state index contributed by atoms with van der Waals surface area (Å²) in [5.74, 6) is -2.24. The number of carbonyl (C=O) groups excluding carboxylic acids is 4. The highest BCUT2D eigenvalue weighted by Crippen LogP contribution is 2.52. The number of aliphatic hydroxyl groups excluding tert-OH is 1. The number of esters is 1. The van der Waals surface area contributed by atoms with Crippen LogP contribution in [0.25, 0.3) is 11.3 Å². The number of cyclic esters (lactones) is 1. The van der Waals surface area contributed by atoms with Crippen molar-refractivity contribution in [3.05, 3.63) is 37.1 Å². The number of likely N-dealkylation sites (N-methyl/N-ethyl adjacent to an activating group) is 1. The van der Waals surface area contributed by atoms with Crippen LogP contribution in [0.3, 0.4) is 0 Å². The van der Waals surface area contributed by atoms with Crippen molar-refractivity contribution in [3.63, 3.8) is 0 Å². The van der Waals surface area contributed by atoms with Crippen LogP contribution in [0.4, 0.5) is 4.79 Å². The Morgan fingerprint density at radius 1 is 1.12 bits per heavy atom. The summed E-state index contributed by atoms with van der Waals surface area (Å²) in [4.78, 5) is 69.0. The zero-order valence-electron chi connectivity index (χ0n) is 35.8. The van der Waals surface area contributed by atoms with Crippen LogP contribution in [-0.2, 0) is 44.6 Å². The number of ether oxygens (including phenoxy) is 5. The van der Waals surface area contributed by atoms with Gasteiger partial charge in [0.05, 0.1) is 41.8 Å². The second kappa shape index (κ2) is 17.8. The molecule has 2 aromatic rings. The van der Waals surface area contributed by atoms with Crippen LogP contribution in [-0.4, -0.2) is 134 Å². The Balaban J connectivity index is 1.29. The third kappa shape index (κ3) is 8.57. The van der Waals surface area contributed by atoms with E-state index in [-0.39, 0.29) is 24.3 Å². The predicted molar refractivity (Wildman–Crippen MR) is 215 cm³/mol. The van der Waals surface area contributed by atoms with Gasteiger partial charge in [-0.05, 0) is 79.5 Å². The Kier molecular flexibility index (Phi) is 13.4. The van der Waals surface area contributed by atoms with E-state index < -0.39 is 89.4 Å². The topological polar surface area (TPSA) is 172 Å². The second-order valence-corrected chi connectivity index (χ2v) is 17.5. The molecular weight excluding hydrogens is 759 g/mol. The Morgan fingerprint density at radius 3 is 2.54 bits per heavy atom. The molecule has 1 unspecified atom stereocenters. The largest absolute Gasteiger partial charge is 0.458 e. The number of aromatic nitrogens is 3. The van der Waals surface area contributed by atoms with Gasteiger partial charge in [0.1, 0.15) is 23.9 Å². The first-order valence-corrected chi connectivity index (χ1v) is 20.8. The lowest BCUT2D eigenvalue weighted by Crippen LogP contribution is -2.72. The minimum atomic E-state index is -1.37. The summed E-state index contributed by atoms with van der Waals surface area (Å²) in [7, 11) is 3.38. The molecule has 4 aliphatic rings. The maximum Gasteiger partial charge on any atom is 0.411 e. The number of pyridine rings is 1. The Hall–Kier alpha value is -4.20. The van der Waals surface area contributed by atoms with Gasteiger partial charge in [-0.1, -0.05) is 13.8 Å². The van der Waals surface area contributed by atoms with Crippen LogP contribution < -0.4 is 0 Å². The van der Waals surface area contributed by atoms with Crippen molar-refractivity contribution in [2.24, 2.45) is 23.7 Å². The van der Waals surface area contributed by atoms with Crippen molar-refractivity contribution >= 4 is 23.6 Å². The molecular formula is C44H61N5O10. The molecule has 14 atom stereocenters. The number of terminal acetylenes is 1. The van der Waals surface area contributed by atoms with E-state index in [1.807, 2.05) is 48.7 Å². The highest BCUT2D eigenvalue weighted by Gasteiger charge is 2.70. The lowest BCUT2D eigenvalue weighted by Gasteiger charge is -2.54. The Labute approximate surface area is 347 Å². The highest BCUT2D eigenvalue weighted by atomic mass is 16.7. The summed E-state index contributed by atoms with van der Waals surface area (Å²) in [6.07, 6.45) is 9.73. The number of aryl methyl sites for hydroxylation is 1. The maximum atomic E-state index is 14.9. The van der Waals surface area contributed by atoms with Gasteiger partial charge in [-0.3, -0.25) is 29.2 Å². The zero-order valence-corrected chi connectivity index (χ0v) is 35.8. The van der Waals surface area contributed by atoms with Crippen LogP contribution in [0, 0.1) is 36.0 Å². The van der Waals surface area contributed by atoms with Gasteiger partial charge >= 0.3 is 12.1 Å². The standard InChI is InChI=1S/C44H61N5O10/c1-11-12-18-47(9)33-20-26(3)56-41(37(33)52)58-39-27(4)36(51)28(5)40(53)57-29(6)44(8)38-34(35(50)25(2)21-43(39,7)55-10)32(49(38)42(54)59-44)16-14-19-48-23-31(46-24-48)30-15-13-17-45-22-30/h1,13,15,17,22-29,32-34,37-39,41,52H,12,14,16,18-21H2,2-10H3/t25-,26-,27+,28-,29-,32?,33+,34+,37-,38+,39-,41+,43-,44-/m1/s1. The zero-order chi connectivity index (χ0) is 43.0. The summed E-state index contributed by atoms with van der Waals surface area (Å²) in [6.45, 7) is 13.1. The highest BCUT2D eigenvalue weighted by molar-refractivity contribution is 6.00. The van der Waals surface area contributed by atoms with Crippen molar-refractivity contribution in [2.75, 3.05) is 20.7 Å². The molecule has 322 valence electrons. The van der Waals surface area contributed by atoms with Gasteiger partial charge in [0.15, 0.2) is 17.7 Å². The molecule has 4 saturated heterocycles. The molecule has 0 aromatic carbocycles. The molecule has 4 aliphatic heterocycles. The summed E-state index contributed by atoms with van der Waals surface area (Å²) < 4.78 is 33.1. The number of Topliss-reactive ketones (excluding diaryl/α,β-unsaturated/α-hetero) is 2. The maximum absolute atomic E-state index is 14.9. The number of hydrogen-bond donors (Lipinski definition) is 1. The normalized spacial score (nSPS) is 37.9. The van der Waals surface area contributed by atoms with Crippen LogP contribution in [0.1, 0.15) is 80.6 Å². The summed E-state index contributed by atoms with van der Waals surface area (Å²) in [5, 5.41) is 11.7. The minimum Gasteiger partial charge on any atom is -0.458 e. The average molecular weight is 820 g/mol. The van der Waals surface area contributed by atoms with Gasteiger partial charge in [-0.2, -0.15) is 0 Å². The van der Waals surface area contributed by atoms with E-state index in [0.717, 1.165) is 11.3 Å². The van der Waals surface area contributed by atoms with Crippen molar-refractivity contribution < 1.29 is 48.0 Å². The molecule has 0 aliphatic carbocycles.